The van der Waals surface area contributed by atoms with E-state index in [1.54, 1.807) is 0 Å². The van der Waals surface area contributed by atoms with Gasteiger partial charge in [-0.1, -0.05) is 56.9 Å². The fourth-order valence-electron chi connectivity index (χ4n) is 6.20. The van der Waals surface area contributed by atoms with Crippen LogP contribution in [0, 0.1) is 31.6 Å². The van der Waals surface area contributed by atoms with Crippen LogP contribution in [0.25, 0.3) is 0 Å². The van der Waals surface area contributed by atoms with Crippen molar-refractivity contribution in [3.05, 3.63) is 34.9 Å². The van der Waals surface area contributed by atoms with E-state index in [0.717, 1.165) is 48.8 Å². The highest BCUT2D eigenvalue weighted by atomic mass is 16.4. The number of nitrogens with one attached hydrogen (secondary N) is 1. The van der Waals surface area contributed by atoms with E-state index in [1.165, 1.54) is 4.90 Å². The number of benzene rings is 1. The van der Waals surface area contributed by atoms with Crippen LogP contribution in [0.2, 0.25) is 0 Å². The minimum atomic E-state index is -1.43. The molecule has 1 aromatic rings. The highest BCUT2D eigenvalue weighted by molar-refractivity contribution is 6.09. The van der Waals surface area contributed by atoms with Crippen molar-refractivity contribution in [2.45, 2.75) is 83.8 Å². The SMILES string of the molecule is Cc1ccc(C)c(C2NC(CC(C)C)(C(=O)O)C3C(=O)N(C4CCCCC4)C(=O)C23)c1. The monoisotopic (exact) mass is 426 g/mol. The molecule has 31 heavy (non-hydrogen) atoms. The quantitative estimate of drug-likeness (QED) is 0.700. The fourth-order valence-corrected chi connectivity index (χ4v) is 6.20. The lowest BCUT2D eigenvalue weighted by Gasteiger charge is -2.35. The lowest BCUT2D eigenvalue weighted by molar-refractivity contribution is -0.153. The van der Waals surface area contributed by atoms with Gasteiger partial charge in [-0.2, -0.15) is 0 Å². The average molecular weight is 427 g/mol. The van der Waals surface area contributed by atoms with Crippen LogP contribution in [0.15, 0.2) is 18.2 Å². The summed E-state index contributed by atoms with van der Waals surface area (Å²) in [6.07, 6.45) is 5.09. The molecule has 4 unspecified atom stereocenters. The summed E-state index contributed by atoms with van der Waals surface area (Å²) < 4.78 is 0. The molecule has 4 atom stereocenters. The Morgan fingerprint density at radius 3 is 2.45 bits per heavy atom. The van der Waals surface area contributed by atoms with Gasteiger partial charge in [-0.05, 0) is 50.2 Å². The van der Waals surface area contributed by atoms with Crippen LogP contribution in [-0.2, 0) is 14.4 Å². The number of amides is 2. The smallest absolute Gasteiger partial charge is 0.324 e. The van der Waals surface area contributed by atoms with Gasteiger partial charge in [0.1, 0.15) is 5.54 Å². The number of aryl methyl sites for hydroxylation is 2. The maximum Gasteiger partial charge on any atom is 0.324 e. The Labute approximate surface area is 184 Å². The van der Waals surface area contributed by atoms with Crippen molar-refractivity contribution in [2.75, 3.05) is 0 Å². The number of carbonyl (C=O) groups excluding carboxylic acids is 2. The molecule has 2 aliphatic heterocycles. The number of fused-ring (bicyclic) bond motifs is 1. The van der Waals surface area contributed by atoms with E-state index in [0.29, 0.717) is 6.42 Å². The van der Waals surface area contributed by atoms with Crippen molar-refractivity contribution in [1.82, 2.24) is 10.2 Å². The number of carbonyl (C=O) groups is 3. The van der Waals surface area contributed by atoms with Gasteiger partial charge in [0, 0.05) is 12.1 Å². The molecule has 1 aliphatic carbocycles. The van der Waals surface area contributed by atoms with Crippen LogP contribution < -0.4 is 5.32 Å². The Balaban J connectivity index is 1.84. The van der Waals surface area contributed by atoms with Gasteiger partial charge in [0.25, 0.3) is 0 Å². The van der Waals surface area contributed by atoms with Crippen molar-refractivity contribution in [3.8, 4) is 0 Å². The first-order valence-electron chi connectivity index (χ1n) is 11.6. The molecule has 3 aliphatic rings. The number of rotatable bonds is 5. The molecular weight excluding hydrogens is 392 g/mol. The molecule has 1 aromatic carbocycles. The van der Waals surface area contributed by atoms with Crippen LogP contribution in [0.3, 0.4) is 0 Å². The van der Waals surface area contributed by atoms with E-state index < -0.39 is 29.4 Å². The van der Waals surface area contributed by atoms with E-state index in [2.05, 4.69) is 5.32 Å². The van der Waals surface area contributed by atoms with Crippen molar-refractivity contribution in [2.24, 2.45) is 17.8 Å². The molecule has 0 bridgehead atoms. The van der Waals surface area contributed by atoms with E-state index in [-0.39, 0.29) is 23.8 Å². The molecule has 4 rings (SSSR count). The van der Waals surface area contributed by atoms with Crippen molar-refractivity contribution in [1.29, 1.82) is 0 Å². The van der Waals surface area contributed by atoms with Gasteiger partial charge in [-0.3, -0.25) is 24.6 Å². The summed E-state index contributed by atoms with van der Waals surface area (Å²) in [4.78, 5) is 41.7. The number of carboxylic acid groups (broad SMARTS) is 1. The van der Waals surface area contributed by atoms with E-state index >= 15 is 0 Å². The van der Waals surface area contributed by atoms with E-state index in [4.69, 9.17) is 0 Å². The molecule has 2 N–H and O–H groups in total. The third kappa shape index (κ3) is 3.49. The number of hydrogen-bond acceptors (Lipinski definition) is 4. The molecule has 3 fully saturated rings. The molecule has 0 aromatic heterocycles. The minimum Gasteiger partial charge on any atom is -0.480 e. The van der Waals surface area contributed by atoms with Crippen LogP contribution >= 0.6 is 0 Å². The van der Waals surface area contributed by atoms with Gasteiger partial charge in [-0.25, -0.2) is 0 Å². The standard InChI is InChI=1S/C25H34N2O4/c1-14(2)13-25(24(30)31)20-19(21(26-25)18-12-15(3)10-11-16(18)4)22(28)27(23(20)29)17-8-6-5-7-9-17/h10-12,14,17,19-21,26H,5-9,13H2,1-4H3,(H,30,31). The summed E-state index contributed by atoms with van der Waals surface area (Å²) in [7, 11) is 0. The van der Waals surface area contributed by atoms with Crippen molar-refractivity contribution < 1.29 is 19.5 Å². The molecule has 2 heterocycles. The van der Waals surface area contributed by atoms with Crippen molar-refractivity contribution in [3.63, 3.8) is 0 Å². The van der Waals surface area contributed by atoms with Gasteiger partial charge in [0.05, 0.1) is 11.8 Å². The Morgan fingerprint density at radius 2 is 1.84 bits per heavy atom. The Morgan fingerprint density at radius 1 is 1.16 bits per heavy atom. The maximum absolute atomic E-state index is 13.7. The lowest BCUT2D eigenvalue weighted by atomic mass is 9.75. The molecule has 1 saturated carbocycles. The predicted octanol–water partition coefficient (Wildman–Crippen LogP) is 3.75. The Hall–Kier alpha value is -2.21. The number of likely N-dealkylation sites (tertiary alicyclic amines) is 1. The second-order valence-corrected chi connectivity index (χ2v) is 10.2. The zero-order chi connectivity index (χ0) is 22.5. The molecule has 168 valence electrons. The molecular formula is C25H34N2O4. The number of nitrogens with zero attached hydrogens (tertiary/aromatic N) is 1. The first-order valence-corrected chi connectivity index (χ1v) is 11.6. The summed E-state index contributed by atoms with van der Waals surface area (Å²) in [5, 5.41) is 13.7. The van der Waals surface area contributed by atoms with Gasteiger partial charge >= 0.3 is 5.97 Å². The number of imide groups is 1. The Kier molecular flexibility index (Phi) is 5.71. The summed E-state index contributed by atoms with van der Waals surface area (Å²) in [6.45, 7) is 7.90. The molecule has 2 amide bonds. The van der Waals surface area contributed by atoms with E-state index in [1.807, 2.05) is 45.9 Å². The first-order chi connectivity index (χ1) is 14.7. The average Bonchev–Trinajstić information content (AvgIpc) is 3.18. The second kappa shape index (κ2) is 8.05. The summed E-state index contributed by atoms with van der Waals surface area (Å²) >= 11 is 0. The number of aliphatic carboxylic acids is 1. The molecule has 6 nitrogen and oxygen atoms in total. The third-order valence-corrected chi connectivity index (χ3v) is 7.51. The minimum absolute atomic E-state index is 0.0632. The van der Waals surface area contributed by atoms with Gasteiger partial charge in [0.15, 0.2) is 0 Å². The lowest BCUT2D eigenvalue weighted by Crippen LogP contribution is -2.57. The van der Waals surface area contributed by atoms with E-state index in [9.17, 15) is 19.5 Å². The van der Waals surface area contributed by atoms with Crippen LogP contribution in [-0.4, -0.2) is 39.4 Å². The Bertz CT molecular complexity index is 905. The largest absolute Gasteiger partial charge is 0.480 e. The van der Waals surface area contributed by atoms with Crippen LogP contribution in [0.4, 0.5) is 0 Å². The van der Waals surface area contributed by atoms with Gasteiger partial charge in [-0.15, -0.1) is 0 Å². The van der Waals surface area contributed by atoms with Crippen molar-refractivity contribution >= 4 is 17.8 Å². The molecule has 0 spiro atoms. The fraction of sp³-hybridized carbons (Fsp3) is 0.640. The van der Waals surface area contributed by atoms with Gasteiger partial charge in [0.2, 0.25) is 11.8 Å². The normalized spacial score (nSPS) is 31.5. The third-order valence-electron chi connectivity index (χ3n) is 7.51. The zero-order valence-corrected chi connectivity index (χ0v) is 19.0. The highest BCUT2D eigenvalue weighted by Gasteiger charge is 2.69. The van der Waals surface area contributed by atoms with Crippen LogP contribution in [0.1, 0.15) is 75.1 Å². The summed E-state index contributed by atoms with van der Waals surface area (Å²) in [5.74, 6) is -2.99. The maximum atomic E-state index is 13.7. The summed E-state index contributed by atoms with van der Waals surface area (Å²) in [6, 6.07) is 5.47. The van der Waals surface area contributed by atoms with Crippen LogP contribution in [0.5, 0.6) is 0 Å². The summed E-state index contributed by atoms with van der Waals surface area (Å²) in [5.41, 5.74) is 1.55. The first kappa shape index (κ1) is 22.0. The second-order valence-electron chi connectivity index (χ2n) is 10.2. The number of carboxylic acids is 1. The predicted molar refractivity (Wildman–Crippen MR) is 117 cm³/mol. The van der Waals surface area contributed by atoms with Gasteiger partial charge < -0.3 is 5.11 Å². The number of hydrogen-bond donors (Lipinski definition) is 2. The topological polar surface area (TPSA) is 86.7 Å². The molecule has 0 radical (unpaired) electrons. The zero-order valence-electron chi connectivity index (χ0n) is 19.0. The highest BCUT2D eigenvalue weighted by Crippen LogP contribution is 2.52. The molecule has 6 heteroatoms. The molecule has 2 saturated heterocycles.